The van der Waals surface area contributed by atoms with E-state index in [-0.39, 0.29) is 17.9 Å². The van der Waals surface area contributed by atoms with E-state index in [4.69, 9.17) is 4.74 Å². The molecule has 1 amide bonds. The average Bonchev–Trinajstić information content (AvgIpc) is 3.34. The lowest BCUT2D eigenvalue weighted by Gasteiger charge is -2.30. The molecule has 6 heteroatoms. The van der Waals surface area contributed by atoms with Crippen molar-refractivity contribution in [3.63, 3.8) is 0 Å². The number of aromatic nitrogens is 2. The summed E-state index contributed by atoms with van der Waals surface area (Å²) in [7, 11) is 1.88. The fourth-order valence-corrected chi connectivity index (χ4v) is 4.08. The first-order valence-corrected chi connectivity index (χ1v) is 9.69. The lowest BCUT2D eigenvalue weighted by molar-refractivity contribution is -0.129. The zero-order valence-electron chi connectivity index (χ0n) is 14.6. The number of thiophene rings is 1. The molecule has 1 aliphatic heterocycles. The number of benzene rings is 1. The van der Waals surface area contributed by atoms with Gasteiger partial charge >= 0.3 is 0 Å². The first kappa shape index (κ1) is 17.0. The van der Waals surface area contributed by atoms with Gasteiger partial charge in [0.25, 0.3) is 0 Å². The van der Waals surface area contributed by atoms with E-state index in [1.54, 1.807) is 22.2 Å². The van der Waals surface area contributed by atoms with Crippen LogP contribution >= 0.6 is 11.3 Å². The van der Waals surface area contributed by atoms with Crippen LogP contribution in [0.15, 0.2) is 53.4 Å². The molecule has 2 atom stereocenters. The number of amides is 1. The minimum absolute atomic E-state index is 0.000756. The van der Waals surface area contributed by atoms with Crippen LogP contribution in [0.2, 0.25) is 0 Å². The van der Waals surface area contributed by atoms with E-state index < -0.39 is 0 Å². The van der Waals surface area contributed by atoms with Crippen LogP contribution in [-0.2, 0) is 16.6 Å². The van der Waals surface area contributed by atoms with Crippen LogP contribution in [0, 0.1) is 5.92 Å². The Labute approximate surface area is 156 Å². The topological polar surface area (TPSA) is 56.2 Å². The summed E-state index contributed by atoms with van der Waals surface area (Å²) in [6.07, 6.45) is 3.20. The van der Waals surface area contributed by atoms with Crippen LogP contribution < -0.4 is 5.32 Å². The molecule has 3 heterocycles. The van der Waals surface area contributed by atoms with E-state index in [2.05, 4.69) is 27.2 Å². The van der Waals surface area contributed by atoms with Gasteiger partial charge in [-0.15, -0.1) is 0 Å². The number of carbonyl (C=O) groups is 1. The molecule has 1 aliphatic rings. The first-order chi connectivity index (χ1) is 12.7. The largest absolute Gasteiger partial charge is 0.371 e. The SMILES string of the molecule is Cn1nccc1[C@@H]1OCCC[C@H]1C(=O)Nc1ccc(-c2ccsc2)cc1. The smallest absolute Gasteiger partial charge is 0.230 e. The Morgan fingerprint density at radius 1 is 1.23 bits per heavy atom. The highest BCUT2D eigenvalue weighted by molar-refractivity contribution is 7.08. The van der Waals surface area contributed by atoms with Crippen molar-refractivity contribution in [1.82, 2.24) is 9.78 Å². The van der Waals surface area contributed by atoms with Crippen molar-refractivity contribution < 1.29 is 9.53 Å². The highest BCUT2D eigenvalue weighted by Gasteiger charge is 2.34. The standard InChI is InChI=1S/C20H21N3O2S/c1-23-18(8-10-21-23)19-17(3-2-11-25-19)20(24)22-16-6-4-14(5-7-16)15-9-12-26-13-15/h4-10,12-13,17,19H,2-3,11H2,1H3,(H,22,24)/t17-,19-/m1/s1. The van der Waals surface area contributed by atoms with E-state index in [0.717, 1.165) is 29.8 Å². The van der Waals surface area contributed by atoms with E-state index in [9.17, 15) is 4.79 Å². The molecule has 0 bridgehead atoms. The maximum absolute atomic E-state index is 12.9. The molecular weight excluding hydrogens is 346 g/mol. The van der Waals surface area contributed by atoms with Crippen molar-refractivity contribution in [3.05, 3.63) is 59.0 Å². The molecule has 1 aromatic carbocycles. The Bertz CT molecular complexity index is 871. The first-order valence-electron chi connectivity index (χ1n) is 8.75. The maximum Gasteiger partial charge on any atom is 0.230 e. The molecule has 5 nitrogen and oxygen atoms in total. The van der Waals surface area contributed by atoms with Crippen LogP contribution in [0.3, 0.4) is 0 Å². The van der Waals surface area contributed by atoms with Gasteiger partial charge in [-0.3, -0.25) is 9.48 Å². The number of aryl methyl sites for hydroxylation is 1. The van der Waals surface area contributed by atoms with Gasteiger partial charge in [-0.1, -0.05) is 12.1 Å². The molecule has 1 N–H and O–H groups in total. The normalized spacial score (nSPS) is 20.0. The van der Waals surface area contributed by atoms with Gasteiger partial charge in [-0.2, -0.15) is 16.4 Å². The van der Waals surface area contributed by atoms with E-state index >= 15 is 0 Å². The molecule has 3 aromatic rings. The quantitative estimate of drug-likeness (QED) is 0.750. The van der Waals surface area contributed by atoms with Crippen LogP contribution in [0.1, 0.15) is 24.6 Å². The molecule has 134 valence electrons. The summed E-state index contributed by atoms with van der Waals surface area (Å²) in [5.41, 5.74) is 4.10. The van der Waals surface area contributed by atoms with Gasteiger partial charge in [0.1, 0.15) is 6.10 Å². The Hall–Kier alpha value is -2.44. The lowest BCUT2D eigenvalue weighted by Crippen LogP contribution is -2.34. The number of carbonyl (C=O) groups excluding carboxylic acids is 1. The van der Waals surface area contributed by atoms with Crippen molar-refractivity contribution in [3.8, 4) is 11.1 Å². The highest BCUT2D eigenvalue weighted by atomic mass is 32.1. The third-order valence-corrected chi connectivity index (χ3v) is 5.50. The fraction of sp³-hybridized carbons (Fsp3) is 0.300. The van der Waals surface area contributed by atoms with E-state index in [1.807, 2.05) is 37.4 Å². The Morgan fingerprint density at radius 3 is 2.77 bits per heavy atom. The van der Waals surface area contributed by atoms with Crippen molar-refractivity contribution in [2.45, 2.75) is 18.9 Å². The summed E-state index contributed by atoms with van der Waals surface area (Å²) >= 11 is 1.68. The van der Waals surface area contributed by atoms with Crippen molar-refractivity contribution in [2.75, 3.05) is 11.9 Å². The Kier molecular flexibility index (Phi) is 4.86. The molecule has 0 unspecified atom stereocenters. The van der Waals surface area contributed by atoms with Crippen LogP contribution in [0.5, 0.6) is 0 Å². The molecule has 0 radical (unpaired) electrons. The van der Waals surface area contributed by atoms with Crippen LogP contribution in [0.25, 0.3) is 11.1 Å². The van der Waals surface area contributed by atoms with E-state index in [1.165, 1.54) is 5.56 Å². The number of rotatable bonds is 4. The van der Waals surface area contributed by atoms with Gasteiger partial charge in [0.05, 0.1) is 11.6 Å². The number of hydrogen-bond donors (Lipinski definition) is 1. The predicted octanol–water partition coefficient (Wildman–Crippen LogP) is 4.26. The van der Waals surface area contributed by atoms with Crippen LogP contribution in [-0.4, -0.2) is 22.3 Å². The molecule has 26 heavy (non-hydrogen) atoms. The van der Waals surface area contributed by atoms with Crippen molar-refractivity contribution >= 4 is 22.9 Å². The summed E-state index contributed by atoms with van der Waals surface area (Å²) in [6.45, 7) is 0.676. The Balaban J connectivity index is 1.48. The summed E-state index contributed by atoms with van der Waals surface area (Å²) < 4.78 is 7.71. The van der Waals surface area contributed by atoms with Gasteiger partial charge in [0, 0.05) is 25.5 Å². The number of hydrogen-bond acceptors (Lipinski definition) is 4. The minimum atomic E-state index is -0.249. The van der Waals surface area contributed by atoms with Crippen LogP contribution in [0.4, 0.5) is 5.69 Å². The van der Waals surface area contributed by atoms with Gasteiger partial charge in [0.2, 0.25) is 5.91 Å². The highest BCUT2D eigenvalue weighted by Crippen LogP contribution is 2.34. The molecule has 0 saturated carbocycles. The number of nitrogens with one attached hydrogen (secondary N) is 1. The second kappa shape index (κ2) is 7.43. The minimum Gasteiger partial charge on any atom is -0.371 e. The zero-order chi connectivity index (χ0) is 17.9. The summed E-state index contributed by atoms with van der Waals surface area (Å²) in [5, 5.41) is 11.4. The molecular formula is C20H21N3O2S. The number of anilines is 1. The molecule has 1 saturated heterocycles. The maximum atomic E-state index is 12.9. The Morgan fingerprint density at radius 2 is 2.08 bits per heavy atom. The van der Waals surface area contributed by atoms with E-state index in [0.29, 0.717) is 6.61 Å². The third-order valence-electron chi connectivity index (χ3n) is 4.82. The summed E-state index contributed by atoms with van der Waals surface area (Å²) in [6, 6.07) is 12.0. The molecule has 0 spiro atoms. The average molecular weight is 367 g/mol. The second-order valence-corrected chi connectivity index (χ2v) is 7.28. The predicted molar refractivity (Wildman–Crippen MR) is 103 cm³/mol. The van der Waals surface area contributed by atoms with Gasteiger partial charge in [0.15, 0.2) is 0 Å². The van der Waals surface area contributed by atoms with Gasteiger partial charge < -0.3 is 10.1 Å². The lowest BCUT2D eigenvalue weighted by atomic mass is 9.91. The summed E-state index contributed by atoms with van der Waals surface area (Å²) in [4.78, 5) is 12.9. The van der Waals surface area contributed by atoms with Gasteiger partial charge in [-0.25, -0.2) is 0 Å². The zero-order valence-corrected chi connectivity index (χ0v) is 15.4. The second-order valence-electron chi connectivity index (χ2n) is 6.50. The molecule has 0 aliphatic carbocycles. The molecule has 4 rings (SSSR count). The molecule has 2 aromatic heterocycles. The van der Waals surface area contributed by atoms with Crippen molar-refractivity contribution in [2.24, 2.45) is 13.0 Å². The molecule has 1 fully saturated rings. The summed E-state index contributed by atoms with van der Waals surface area (Å²) in [5.74, 6) is -0.213. The third kappa shape index (κ3) is 3.43. The van der Waals surface area contributed by atoms with Crippen molar-refractivity contribution in [1.29, 1.82) is 0 Å². The monoisotopic (exact) mass is 367 g/mol. The number of ether oxygens (including phenoxy) is 1. The van der Waals surface area contributed by atoms with Gasteiger partial charge in [-0.05, 0) is 59.0 Å². The fourth-order valence-electron chi connectivity index (χ4n) is 3.41. The number of nitrogens with zero attached hydrogens (tertiary/aromatic N) is 2.